The average molecular weight is 1420 g/mol. The number of hydrogen-bond acceptors (Lipinski definition) is 2. The van der Waals surface area contributed by atoms with Crippen molar-refractivity contribution in [3.8, 4) is 39.3 Å². The minimum atomic E-state index is -1.87. The van der Waals surface area contributed by atoms with Gasteiger partial charge in [0.15, 0.2) is 0 Å². The second kappa shape index (κ2) is 24.2. The molecule has 0 radical (unpaired) electrons. The Hall–Kier alpha value is -11.1. The van der Waals surface area contributed by atoms with E-state index in [0.717, 1.165) is 77.2 Å². The van der Waals surface area contributed by atoms with Gasteiger partial charge in [-0.25, -0.2) is 0 Å². The van der Waals surface area contributed by atoms with Crippen LogP contribution in [0.1, 0.15) is 183 Å². The highest BCUT2D eigenvalue weighted by atomic mass is 15.2. The average Bonchev–Trinajstić information content (AvgIpc) is 1.63. The van der Waals surface area contributed by atoms with Crippen LogP contribution in [0.3, 0.4) is 0 Å². The molecule has 0 saturated heterocycles. The third-order valence-corrected chi connectivity index (χ3v) is 22.4. The topological polar surface area (TPSA) is 21.3 Å². The minimum absolute atomic E-state index is 0.194. The van der Waals surface area contributed by atoms with Crippen molar-refractivity contribution in [3.63, 3.8) is 0 Å². The fraction of sp³-hybridized carbons (Fsp3) is 0.235. The summed E-state index contributed by atoms with van der Waals surface area (Å²) in [5.74, 6) is 0. The van der Waals surface area contributed by atoms with Crippen molar-refractivity contribution < 1.29 is 24.7 Å². The van der Waals surface area contributed by atoms with Gasteiger partial charge in [0.05, 0.1) is 63.5 Å². The number of fused-ring (bicyclic) bond motifs is 13. The lowest BCUT2D eigenvalue weighted by Gasteiger charge is -2.44. The molecule has 2 aliphatic rings. The number of nitrogens with zero attached hydrogens (tertiary/aromatic N) is 5. The van der Waals surface area contributed by atoms with Gasteiger partial charge in [-0.3, -0.25) is 0 Å². The van der Waals surface area contributed by atoms with Crippen LogP contribution in [0.15, 0.2) is 266 Å². The molecule has 0 spiro atoms. The second-order valence-corrected chi connectivity index (χ2v) is 35.8. The van der Waals surface area contributed by atoms with E-state index in [9.17, 15) is 24.7 Å². The lowest BCUT2D eigenvalue weighted by atomic mass is 9.33. The molecule has 18 rings (SSSR count). The van der Waals surface area contributed by atoms with Crippen molar-refractivity contribution in [2.75, 3.05) is 9.80 Å². The standard InChI is InChI=1S/C102H98BN5/c1-97(2,3)67-35-29-63(30-36-67)65-33-45-78-79-46-34-66(64-31-37-68(38-32-64)98(4,5)6)54-91(79)108(90(78)53-65)77-61-94-96-95(62-77)105(74-27-23-20-24-28-74)93-60-76(107-88-51-41-71(101(13,14)15)57-82(88)83-58-72(102(16,17)18)42-52-89(83)107)44-48-85(93)103(96)84-47-43-75(59-92(84)104(94)73-25-21-19-22-26-73)106-86-49-39-69(99(7,8)9)55-80(86)81-56-70(100(10,11)12)40-50-87(81)106/h19-62H,1-18H3/i19D,20D,21D,22D,23D,24D,25D,26D,27D,28D,43D,44D,47D,48D,59D,60D,61D,62D. The molecule has 6 heteroatoms. The van der Waals surface area contributed by atoms with Crippen molar-refractivity contribution in [2.24, 2.45) is 0 Å². The molecule has 0 fully saturated rings. The van der Waals surface area contributed by atoms with E-state index in [2.05, 4.69) is 173 Å². The van der Waals surface area contributed by atoms with E-state index in [4.69, 9.17) is 0 Å². The third kappa shape index (κ3) is 11.2. The number of anilines is 6. The summed E-state index contributed by atoms with van der Waals surface area (Å²) in [6, 6.07) is 39.4. The summed E-state index contributed by atoms with van der Waals surface area (Å²) in [5, 5.41) is 4.26. The highest BCUT2D eigenvalue weighted by Crippen LogP contribution is 2.50. The second-order valence-electron chi connectivity index (χ2n) is 35.8. The van der Waals surface area contributed by atoms with Gasteiger partial charge in [-0.1, -0.05) is 270 Å². The summed E-state index contributed by atoms with van der Waals surface area (Å²) < 4.78 is 196. The fourth-order valence-corrected chi connectivity index (χ4v) is 16.2. The van der Waals surface area contributed by atoms with Gasteiger partial charge in [-0.2, -0.15) is 0 Å². The Bertz CT molecular complexity index is 6870. The molecule has 5 nitrogen and oxygen atoms in total. The zero-order valence-corrected chi connectivity index (χ0v) is 64.8. The molecule has 0 N–H and O–H groups in total. The molecule has 13 aromatic carbocycles. The quantitative estimate of drug-likeness (QED) is 0.148. The summed E-state index contributed by atoms with van der Waals surface area (Å²) in [7, 11) is 0. The van der Waals surface area contributed by atoms with Gasteiger partial charge in [0.1, 0.15) is 0 Å². The molecule has 16 aromatic rings. The zero-order valence-electron chi connectivity index (χ0n) is 82.8. The summed E-state index contributed by atoms with van der Waals surface area (Å²) in [5.41, 5.74) is 5.68. The number of aromatic nitrogens is 3. The first-order chi connectivity index (χ1) is 58.9. The van der Waals surface area contributed by atoms with E-state index in [1.54, 1.807) is 13.7 Å². The highest BCUT2D eigenvalue weighted by Gasteiger charge is 2.45. The molecule has 0 amide bonds. The maximum absolute atomic E-state index is 11.9. The van der Waals surface area contributed by atoms with Crippen LogP contribution in [0, 0.1) is 0 Å². The van der Waals surface area contributed by atoms with Crippen LogP contribution < -0.4 is 26.2 Å². The predicted octanol–water partition coefficient (Wildman–Crippen LogP) is 26.2. The van der Waals surface area contributed by atoms with Crippen LogP contribution in [0.25, 0.3) is 105 Å². The van der Waals surface area contributed by atoms with Crippen LogP contribution >= 0.6 is 0 Å². The lowest BCUT2D eigenvalue weighted by Crippen LogP contribution is -2.61. The van der Waals surface area contributed by atoms with E-state index >= 15 is 0 Å². The van der Waals surface area contributed by atoms with Gasteiger partial charge in [-0.15, -0.1) is 0 Å². The summed E-state index contributed by atoms with van der Waals surface area (Å²) in [6.45, 7) is 36.2. The van der Waals surface area contributed by atoms with Crippen LogP contribution in [0.4, 0.5) is 34.1 Å². The van der Waals surface area contributed by atoms with E-state index < -0.39 is 150 Å². The molecule has 2 aliphatic heterocycles. The van der Waals surface area contributed by atoms with E-state index in [-0.39, 0.29) is 65.9 Å². The molecule has 0 aliphatic carbocycles. The van der Waals surface area contributed by atoms with Gasteiger partial charge in [0, 0.05) is 77.8 Å². The van der Waals surface area contributed by atoms with Crippen LogP contribution in [0.5, 0.6) is 0 Å². The number of para-hydroxylation sites is 2. The molecule has 0 bridgehead atoms. The van der Waals surface area contributed by atoms with E-state index in [0.29, 0.717) is 43.9 Å². The number of hydrogen-bond donors (Lipinski definition) is 0. The van der Waals surface area contributed by atoms with Gasteiger partial charge < -0.3 is 23.5 Å². The summed E-state index contributed by atoms with van der Waals surface area (Å²) in [4.78, 5) is 2.40. The molecule has 0 unspecified atom stereocenters. The Kier molecular flexibility index (Phi) is 11.5. The maximum Gasteiger partial charge on any atom is 0.252 e. The number of rotatable bonds is 7. The van der Waals surface area contributed by atoms with E-state index in [1.165, 1.54) is 9.80 Å². The Labute approximate surface area is 664 Å². The fourth-order valence-electron chi connectivity index (χ4n) is 16.2. The van der Waals surface area contributed by atoms with Crippen molar-refractivity contribution in [1.29, 1.82) is 0 Å². The summed E-state index contributed by atoms with van der Waals surface area (Å²) in [6.07, 6.45) is 0. The lowest BCUT2D eigenvalue weighted by molar-refractivity contribution is 0.590. The van der Waals surface area contributed by atoms with Crippen molar-refractivity contribution >= 4 is 123 Å². The highest BCUT2D eigenvalue weighted by molar-refractivity contribution is 7.00. The Morgan fingerprint density at radius 1 is 0.241 bits per heavy atom. The van der Waals surface area contributed by atoms with Crippen LogP contribution in [0.2, 0.25) is 0 Å². The molecule has 5 heterocycles. The molecule has 0 atom stereocenters. The molecular formula is C102H98BN5. The maximum atomic E-state index is 11.9. The van der Waals surface area contributed by atoms with Crippen molar-refractivity contribution in [1.82, 2.24) is 13.7 Å². The molecule has 108 heavy (non-hydrogen) atoms. The van der Waals surface area contributed by atoms with Crippen molar-refractivity contribution in [2.45, 2.75) is 157 Å². The zero-order chi connectivity index (χ0) is 90.9. The van der Waals surface area contributed by atoms with Gasteiger partial charge in [-0.05, 0) is 226 Å². The first kappa shape index (κ1) is 51.2. The minimum Gasteiger partial charge on any atom is -0.311 e. The van der Waals surface area contributed by atoms with Gasteiger partial charge in [0.2, 0.25) is 0 Å². The normalized spacial score (nSPS) is 15.9. The third-order valence-electron chi connectivity index (χ3n) is 22.4. The summed E-state index contributed by atoms with van der Waals surface area (Å²) >= 11 is 0. The molecule has 534 valence electrons. The van der Waals surface area contributed by atoms with Crippen LogP contribution in [-0.4, -0.2) is 20.4 Å². The smallest absolute Gasteiger partial charge is 0.252 e. The van der Waals surface area contributed by atoms with Crippen LogP contribution in [-0.2, 0) is 32.5 Å². The first-order valence-electron chi connectivity index (χ1n) is 46.5. The number of benzene rings is 13. The Morgan fingerprint density at radius 3 is 0.843 bits per heavy atom. The largest absolute Gasteiger partial charge is 0.311 e. The molecular weight excluding hydrogens is 1310 g/mol. The first-order valence-corrected chi connectivity index (χ1v) is 37.5. The monoisotopic (exact) mass is 1420 g/mol. The molecule has 3 aromatic heterocycles. The predicted molar refractivity (Wildman–Crippen MR) is 467 cm³/mol. The molecule has 0 saturated carbocycles. The van der Waals surface area contributed by atoms with Gasteiger partial charge >= 0.3 is 0 Å². The van der Waals surface area contributed by atoms with Gasteiger partial charge in [0.25, 0.3) is 6.71 Å². The SMILES string of the molecule is [2H]c1c([2H])c([2H])c(N2c3c([2H])c(-n4c5ccc(C(C)(C)C)cc5c5cc(C(C)(C)C)ccc54)c([2H])c([2H])c3B3c4c([2H])c([2H])c(-n5c6ccc(C(C)(C)C)cc6c6cc(C(C)(C)C)ccc65)c([2H])c4N(c4c([2H])c([2H])c([2H])c([2H])c4[2H])c4c([2H])c(-n5c6cc(-c7ccc(C(C)(C)C)cc7)ccc6c6ccc(-c7ccc(C(C)(C)C)cc7)cc65)c([2H])c2c43)c([2H])c1[2H]. The Morgan fingerprint density at radius 2 is 0.528 bits per heavy atom. The Balaban J connectivity index is 1.09. The van der Waals surface area contributed by atoms with E-state index in [1.807, 2.05) is 109 Å². The van der Waals surface area contributed by atoms with Crippen molar-refractivity contribution in [3.05, 3.63) is 300 Å².